The van der Waals surface area contributed by atoms with Crippen molar-refractivity contribution in [2.45, 2.75) is 33.7 Å². The standard InChI is InChI=1S/C23H30N2O4/c1-16(2)22(25-21(26)15-29-19-8-6-5-7-9-19)23(27)24-10-11-28-20-13-17(3)12-18(4)14-20/h5-9,12-14,16,22H,10-11,15H2,1-4H3,(H,24,27)(H,25,26). The van der Waals surface area contributed by atoms with E-state index in [1.807, 2.05) is 58.0 Å². The van der Waals surface area contributed by atoms with E-state index < -0.39 is 6.04 Å². The summed E-state index contributed by atoms with van der Waals surface area (Å²) >= 11 is 0. The van der Waals surface area contributed by atoms with E-state index in [0.29, 0.717) is 18.9 Å². The number of amides is 2. The van der Waals surface area contributed by atoms with Gasteiger partial charge in [0.25, 0.3) is 5.91 Å². The average Bonchev–Trinajstić information content (AvgIpc) is 2.67. The Labute approximate surface area is 172 Å². The van der Waals surface area contributed by atoms with Crippen LogP contribution in [0.25, 0.3) is 0 Å². The van der Waals surface area contributed by atoms with Gasteiger partial charge in [-0.25, -0.2) is 0 Å². The van der Waals surface area contributed by atoms with Crippen molar-refractivity contribution in [2.24, 2.45) is 5.92 Å². The first-order chi connectivity index (χ1) is 13.8. The number of carbonyl (C=O) groups excluding carboxylic acids is 2. The first kappa shape index (κ1) is 22.3. The van der Waals surface area contributed by atoms with E-state index in [1.54, 1.807) is 12.1 Å². The molecule has 0 aliphatic carbocycles. The lowest BCUT2D eigenvalue weighted by molar-refractivity contribution is -0.131. The number of benzene rings is 2. The molecule has 156 valence electrons. The quantitative estimate of drug-likeness (QED) is 0.603. The highest BCUT2D eigenvalue weighted by Gasteiger charge is 2.24. The second kappa shape index (κ2) is 11.1. The molecule has 0 saturated heterocycles. The molecule has 0 aromatic heterocycles. The third-order valence-corrected chi connectivity index (χ3v) is 4.24. The second-order valence-electron chi connectivity index (χ2n) is 7.35. The summed E-state index contributed by atoms with van der Waals surface area (Å²) in [7, 11) is 0. The zero-order valence-corrected chi connectivity index (χ0v) is 17.5. The molecular weight excluding hydrogens is 368 g/mol. The molecule has 0 aliphatic rings. The molecule has 0 bridgehead atoms. The van der Waals surface area contributed by atoms with E-state index in [2.05, 4.69) is 16.7 Å². The van der Waals surface area contributed by atoms with Gasteiger partial charge in [-0.3, -0.25) is 9.59 Å². The lowest BCUT2D eigenvalue weighted by Crippen LogP contribution is -2.51. The van der Waals surface area contributed by atoms with Crippen LogP contribution in [-0.4, -0.2) is 37.6 Å². The zero-order chi connectivity index (χ0) is 21.2. The summed E-state index contributed by atoms with van der Waals surface area (Å²) in [6.07, 6.45) is 0. The maximum atomic E-state index is 12.5. The van der Waals surface area contributed by atoms with Crippen LogP contribution in [0.3, 0.4) is 0 Å². The Morgan fingerprint density at radius 2 is 1.59 bits per heavy atom. The normalized spacial score (nSPS) is 11.6. The van der Waals surface area contributed by atoms with Crippen LogP contribution in [0.2, 0.25) is 0 Å². The third kappa shape index (κ3) is 7.86. The molecule has 2 aromatic carbocycles. The molecule has 0 saturated carbocycles. The molecule has 0 heterocycles. The summed E-state index contributed by atoms with van der Waals surface area (Å²) in [5.74, 6) is 0.752. The molecule has 6 nitrogen and oxygen atoms in total. The first-order valence-corrected chi connectivity index (χ1v) is 9.81. The lowest BCUT2D eigenvalue weighted by Gasteiger charge is -2.22. The fourth-order valence-electron chi connectivity index (χ4n) is 2.88. The molecule has 2 amide bonds. The molecule has 0 aliphatic heterocycles. The molecule has 2 N–H and O–H groups in total. The van der Waals surface area contributed by atoms with Crippen LogP contribution in [0, 0.1) is 19.8 Å². The van der Waals surface area contributed by atoms with Gasteiger partial charge in [0, 0.05) is 0 Å². The van der Waals surface area contributed by atoms with Crippen molar-refractivity contribution in [3.05, 3.63) is 59.7 Å². The molecule has 0 fully saturated rings. The smallest absolute Gasteiger partial charge is 0.258 e. The SMILES string of the molecule is Cc1cc(C)cc(OCCNC(=O)C(NC(=O)COc2ccccc2)C(C)C)c1. The number of para-hydroxylation sites is 1. The highest BCUT2D eigenvalue weighted by Crippen LogP contribution is 2.15. The Balaban J connectivity index is 1.76. The molecule has 0 spiro atoms. The van der Waals surface area contributed by atoms with Crippen molar-refractivity contribution < 1.29 is 19.1 Å². The predicted octanol–water partition coefficient (Wildman–Crippen LogP) is 3.02. The van der Waals surface area contributed by atoms with Gasteiger partial charge < -0.3 is 20.1 Å². The van der Waals surface area contributed by atoms with Crippen LogP contribution in [0.5, 0.6) is 11.5 Å². The zero-order valence-electron chi connectivity index (χ0n) is 17.5. The fourth-order valence-corrected chi connectivity index (χ4v) is 2.88. The summed E-state index contributed by atoms with van der Waals surface area (Å²) in [5.41, 5.74) is 2.26. The average molecular weight is 399 g/mol. The topological polar surface area (TPSA) is 76.7 Å². The van der Waals surface area contributed by atoms with Crippen LogP contribution >= 0.6 is 0 Å². The number of aryl methyl sites for hydroxylation is 2. The number of rotatable bonds is 10. The van der Waals surface area contributed by atoms with Crippen molar-refractivity contribution in [3.63, 3.8) is 0 Å². The van der Waals surface area contributed by atoms with Gasteiger partial charge in [-0.2, -0.15) is 0 Å². The van der Waals surface area contributed by atoms with Crippen molar-refractivity contribution in [2.75, 3.05) is 19.8 Å². The maximum absolute atomic E-state index is 12.5. The van der Waals surface area contributed by atoms with Crippen molar-refractivity contribution >= 4 is 11.8 Å². The molecule has 1 atom stereocenters. The Morgan fingerprint density at radius 3 is 2.21 bits per heavy atom. The van der Waals surface area contributed by atoms with Crippen LogP contribution in [-0.2, 0) is 9.59 Å². The van der Waals surface area contributed by atoms with E-state index in [1.165, 1.54) is 0 Å². The third-order valence-electron chi connectivity index (χ3n) is 4.24. The van der Waals surface area contributed by atoms with Gasteiger partial charge in [-0.05, 0) is 55.2 Å². The number of nitrogens with one attached hydrogen (secondary N) is 2. The van der Waals surface area contributed by atoms with Gasteiger partial charge in [0.2, 0.25) is 5.91 Å². The summed E-state index contributed by atoms with van der Waals surface area (Å²) in [5, 5.41) is 5.57. The first-order valence-electron chi connectivity index (χ1n) is 9.81. The van der Waals surface area contributed by atoms with Gasteiger partial charge >= 0.3 is 0 Å². The molecule has 1 unspecified atom stereocenters. The maximum Gasteiger partial charge on any atom is 0.258 e. The molecule has 29 heavy (non-hydrogen) atoms. The number of hydrogen-bond acceptors (Lipinski definition) is 4. The van der Waals surface area contributed by atoms with Gasteiger partial charge in [0.1, 0.15) is 24.1 Å². The Hall–Kier alpha value is -3.02. The molecule has 2 rings (SSSR count). The molecule has 2 aromatic rings. The number of hydrogen-bond donors (Lipinski definition) is 2. The largest absolute Gasteiger partial charge is 0.492 e. The van der Waals surface area contributed by atoms with Gasteiger partial charge in [-0.15, -0.1) is 0 Å². The van der Waals surface area contributed by atoms with Gasteiger partial charge in [0.15, 0.2) is 6.61 Å². The van der Waals surface area contributed by atoms with E-state index in [-0.39, 0.29) is 24.3 Å². The highest BCUT2D eigenvalue weighted by molar-refractivity contribution is 5.88. The minimum Gasteiger partial charge on any atom is -0.492 e. The summed E-state index contributed by atoms with van der Waals surface area (Å²) in [4.78, 5) is 24.7. The van der Waals surface area contributed by atoms with E-state index in [4.69, 9.17) is 9.47 Å². The second-order valence-corrected chi connectivity index (χ2v) is 7.35. The van der Waals surface area contributed by atoms with E-state index in [9.17, 15) is 9.59 Å². The van der Waals surface area contributed by atoms with Crippen LogP contribution < -0.4 is 20.1 Å². The Kier molecular flexibility index (Phi) is 8.52. The number of carbonyl (C=O) groups is 2. The molecular formula is C23H30N2O4. The van der Waals surface area contributed by atoms with Crippen LogP contribution in [0.15, 0.2) is 48.5 Å². The van der Waals surface area contributed by atoms with Crippen molar-refractivity contribution in [1.29, 1.82) is 0 Å². The van der Waals surface area contributed by atoms with Crippen molar-refractivity contribution in [3.8, 4) is 11.5 Å². The summed E-state index contributed by atoms with van der Waals surface area (Å²) < 4.78 is 11.1. The summed E-state index contributed by atoms with van der Waals surface area (Å²) in [6, 6.07) is 14.4. The number of ether oxygens (including phenoxy) is 2. The minimum absolute atomic E-state index is 0.0592. The van der Waals surface area contributed by atoms with E-state index >= 15 is 0 Å². The minimum atomic E-state index is -0.636. The van der Waals surface area contributed by atoms with Crippen molar-refractivity contribution in [1.82, 2.24) is 10.6 Å². The Morgan fingerprint density at radius 1 is 0.931 bits per heavy atom. The van der Waals surface area contributed by atoms with E-state index in [0.717, 1.165) is 16.9 Å². The predicted molar refractivity (Wildman–Crippen MR) is 113 cm³/mol. The fraction of sp³-hybridized carbons (Fsp3) is 0.391. The molecule has 6 heteroatoms. The van der Waals surface area contributed by atoms with Crippen LogP contribution in [0.1, 0.15) is 25.0 Å². The van der Waals surface area contributed by atoms with Gasteiger partial charge in [-0.1, -0.05) is 38.1 Å². The van der Waals surface area contributed by atoms with Crippen LogP contribution in [0.4, 0.5) is 0 Å². The highest BCUT2D eigenvalue weighted by atomic mass is 16.5. The lowest BCUT2D eigenvalue weighted by atomic mass is 10.0. The molecule has 0 radical (unpaired) electrons. The summed E-state index contributed by atoms with van der Waals surface area (Å²) in [6.45, 7) is 8.35. The monoisotopic (exact) mass is 398 g/mol. The van der Waals surface area contributed by atoms with Gasteiger partial charge in [0.05, 0.1) is 6.54 Å². The Bertz CT molecular complexity index is 786.